The van der Waals surface area contributed by atoms with Crippen molar-refractivity contribution in [2.24, 2.45) is 0 Å². The summed E-state index contributed by atoms with van der Waals surface area (Å²) in [6.07, 6.45) is 0.313. The van der Waals surface area contributed by atoms with Crippen molar-refractivity contribution in [2.75, 3.05) is 45.2 Å². The minimum absolute atomic E-state index is 0.0560. The fraction of sp³-hybridized carbons (Fsp3) is 0.467. The van der Waals surface area contributed by atoms with E-state index in [2.05, 4.69) is 10.6 Å². The zero-order chi connectivity index (χ0) is 15.1. The highest BCUT2D eigenvalue weighted by atomic mass is 16.5. The molecule has 6 nitrogen and oxygen atoms in total. The minimum Gasteiger partial charge on any atom is -0.387 e. The molecular weight excluding hydrogens is 270 g/mol. The lowest BCUT2D eigenvalue weighted by Gasteiger charge is -2.26. The molecule has 0 aromatic heterocycles. The Morgan fingerprint density at radius 3 is 2.67 bits per heavy atom. The van der Waals surface area contributed by atoms with Gasteiger partial charge in [0, 0.05) is 38.8 Å². The summed E-state index contributed by atoms with van der Waals surface area (Å²) in [5, 5.41) is 5.76. The van der Waals surface area contributed by atoms with E-state index in [1.54, 1.807) is 18.0 Å². The first-order chi connectivity index (χ1) is 10.2. The molecule has 1 fully saturated rings. The Balaban J connectivity index is 1.80. The molecule has 1 aliphatic heterocycles. The molecule has 114 valence electrons. The highest BCUT2D eigenvalue weighted by molar-refractivity contribution is 5.99. The van der Waals surface area contributed by atoms with Gasteiger partial charge in [-0.05, 0) is 12.1 Å². The molecular formula is C15H21N3O3. The van der Waals surface area contributed by atoms with E-state index in [-0.39, 0.29) is 11.8 Å². The molecule has 1 aliphatic rings. The molecule has 1 aromatic carbocycles. The van der Waals surface area contributed by atoms with Crippen molar-refractivity contribution >= 4 is 17.5 Å². The van der Waals surface area contributed by atoms with Gasteiger partial charge in [-0.15, -0.1) is 0 Å². The van der Waals surface area contributed by atoms with Gasteiger partial charge in [-0.1, -0.05) is 12.1 Å². The van der Waals surface area contributed by atoms with Gasteiger partial charge in [0.15, 0.2) is 0 Å². The van der Waals surface area contributed by atoms with Gasteiger partial charge in [0.1, 0.15) is 0 Å². The topological polar surface area (TPSA) is 70.7 Å². The molecule has 2 N–H and O–H groups in total. The number of rotatable bonds is 5. The number of ether oxygens (including phenoxy) is 1. The van der Waals surface area contributed by atoms with E-state index < -0.39 is 0 Å². The summed E-state index contributed by atoms with van der Waals surface area (Å²) < 4.78 is 5.21. The van der Waals surface area contributed by atoms with Crippen LogP contribution in [0.15, 0.2) is 24.3 Å². The summed E-state index contributed by atoms with van der Waals surface area (Å²) in [4.78, 5) is 25.8. The fourth-order valence-electron chi connectivity index (χ4n) is 2.25. The van der Waals surface area contributed by atoms with Gasteiger partial charge in [0.05, 0.1) is 18.8 Å². The van der Waals surface area contributed by atoms with Gasteiger partial charge < -0.3 is 20.3 Å². The second kappa shape index (κ2) is 7.64. The van der Waals surface area contributed by atoms with Crippen LogP contribution in [0.3, 0.4) is 0 Å². The van der Waals surface area contributed by atoms with Crippen molar-refractivity contribution in [3.63, 3.8) is 0 Å². The van der Waals surface area contributed by atoms with Crippen LogP contribution in [0.5, 0.6) is 0 Å². The van der Waals surface area contributed by atoms with Gasteiger partial charge >= 0.3 is 0 Å². The molecule has 0 saturated carbocycles. The summed E-state index contributed by atoms with van der Waals surface area (Å²) >= 11 is 0. The lowest BCUT2D eigenvalue weighted by atomic mass is 10.1. The number of carbonyl (C=O) groups excluding carboxylic acids is 2. The Morgan fingerprint density at radius 1 is 1.24 bits per heavy atom. The Labute approximate surface area is 124 Å². The second-order valence-electron chi connectivity index (χ2n) is 4.79. The average molecular weight is 291 g/mol. The van der Waals surface area contributed by atoms with Crippen molar-refractivity contribution < 1.29 is 14.3 Å². The third kappa shape index (κ3) is 4.19. The molecule has 0 spiro atoms. The molecule has 1 heterocycles. The molecule has 21 heavy (non-hydrogen) atoms. The maximum absolute atomic E-state index is 12.1. The smallest absolute Gasteiger partial charge is 0.253 e. The number of hydrogen-bond donors (Lipinski definition) is 2. The van der Waals surface area contributed by atoms with Crippen molar-refractivity contribution in [2.45, 2.75) is 6.42 Å². The van der Waals surface area contributed by atoms with Crippen molar-refractivity contribution in [3.8, 4) is 0 Å². The molecule has 0 atom stereocenters. The minimum atomic E-state index is -0.172. The van der Waals surface area contributed by atoms with E-state index in [4.69, 9.17) is 4.74 Å². The summed E-state index contributed by atoms with van der Waals surface area (Å²) in [6, 6.07) is 7.28. The Morgan fingerprint density at radius 2 is 1.95 bits per heavy atom. The summed E-state index contributed by atoms with van der Waals surface area (Å²) in [5.41, 5.74) is 1.35. The van der Waals surface area contributed by atoms with E-state index in [0.717, 1.165) is 5.69 Å². The van der Waals surface area contributed by atoms with E-state index in [9.17, 15) is 9.59 Å². The van der Waals surface area contributed by atoms with Crippen LogP contribution in [0.25, 0.3) is 0 Å². The molecule has 6 heteroatoms. The SMILES string of the molecule is CNc1ccccc1C(=O)NCCC(=O)N1CCOCC1. The standard InChI is InChI=1S/C15H21N3O3/c1-16-13-5-3-2-4-12(13)15(20)17-7-6-14(19)18-8-10-21-11-9-18/h2-5,16H,6-11H2,1H3,(H,17,20). The second-order valence-corrected chi connectivity index (χ2v) is 4.79. The van der Waals surface area contributed by atoms with Crippen molar-refractivity contribution in [1.29, 1.82) is 0 Å². The highest BCUT2D eigenvalue weighted by Gasteiger charge is 2.17. The van der Waals surface area contributed by atoms with Crippen LogP contribution < -0.4 is 10.6 Å². The van der Waals surface area contributed by atoms with Crippen LogP contribution in [0, 0.1) is 0 Å². The highest BCUT2D eigenvalue weighted by Crippen LogP contribution is 2.13. The van der Waals surface area contributed by atoms with E-state index in [1.165, 1.54) is 0 Å². The molecule has 2 rings (SSSR count). The first-order valence-corrected chi connectivity index (χ1v) is 7.13. The molecule has 0 unspecified atom stereocenters. The van der Waals surface area contributed by atoms with Gasteiger partial charge in [-0.3, -0.25) is 9.59 Å². The van der Waals surface area contributed by atoms with E-state index >= 15 is 0 Å². The average Bonchev–Trinajstić information content (AvgIpc) is 2.55. The normalized spacial score (nSPS) is 14.6. The molecule has 1 saturated heterocycles. The third-order valence-electron chi connectivity index (χ3n) is 3.43. The number of benzene rings is 1. The summed E-state index contributed by atoms with van der Waals surface area (Å²) in [7, 11) is 1.77. The van der Waals surface area contributed by atoms with Crippen molar-refractivity contribution in [3.05, 3.63) is 29.8 Å². The largest absolute Gasteiger partial charge is 0.387 e. The van der Waals surface area contributed by atoms with Gasteiger partial charge in [-0.2, -0.15) is 0 Å². The first-order valence-electron chi connectivity index (χ1n) is 7.13. The van der Waals surface area contributed by atoms with Gasteiger partial charge in [0.25, 0.3) is 5.91 Å². The number of nitrogens with one attached hydrogen (secondary N) is 2. The van der Waals surface area contributed by atoms with Crippen molar-refractivity contribution in [1.82, 2.24) is 10.2 Å². The zero-order valence-electron chi connectivity index (χ0n) is 12.2. The molecule has 0 radical (unpaired) electrons. The predicted octanol–water partition coefficient (Wildman–Crippen LogP) is 0.707. The monoisotopic (exact) mass is 291 g/mol. The quantitative estimate of drug-likeness (QED) is 0.838. The van der Waals surface area contributed by atoms with Gasteiger partial charge in [0.2, 0.25) is 5.91 Å². The number of anilines is 1. The lowest BCUT2D eigenvalue weighted by Crippen LogP contribution is -2.42. The maximum Gasteiger partial charge on any atom is 0.253 e. The van der Waals surface area contributed by atoms with Gasteiger partial charge in [-0.25, -0.2) is 0 Å². The van der Waals surface area contributed by atoms with Crippen LogP contribution in [-0.2, 0) is 9.53 Å². The molecule has 2 amide bonds. The van der Waals surface area contributed by atoms with E-state index in [0.29, 0.717) is 44.8 Å². The molecule has 0 bridgehead atoms. The van der Waals surface area contributed by atoms with Crippen LogP contribution in [0.4, 0.5) is 5.69 Å². The number of carbonyl (C=O) groups is 2. The Kier molecular flexibility index (Phi) is 5.57. The number of morpholine rings is 1. The van der Waals surface area contributed by atoms with Crippen LogP contribution >= 0.6 is 0 Å². The van der Waals surface area contributed by atoms with Crippen LogP contribution in [0.2, 0.25) is 0 Å². The lowest BCUT2D eigenvalue weighted by molar-refractivity contribution is -0.135. The molecule has 1 aromatic rings. The number of para-hydroxylation sites is 1. The van der Waals surface area contributed by atoms with E-state index in [1.807, 2.05) is 18.2 Å². The third-order valence-corrected chi connectivity index (χ3v) is 3.43. The predicted molar refractivity (Wildman–Crippen MR) is 80.3 cm³/mol. The molecule has 0 aliphatic carbocycles. The maximum atomic E-state index is 12.1. The first kappa shape index (κ1) is 15.3. The Bertz CT molecular complexity index is 499. The summed E-state index contributed by atoms with van der Waals surface area (Å²) in [5.74, 6) is -0.116. The number of hydrogen-bond acceptors (Lipinski definition) is 4. The van der Waals surface area contributed by atoms with Crippen LogP contribution in [0.1, 0.15) is 16.8 Å². The van der Waals surface area contributed by atoms with Crippen LogP contribution in [-0.4, -0.2) is 56.6 Å². The fourth-order valence-corrected chi connectivity index (χ4v) is 2.25. The zero-order valence-corrected chi connectivity index (χ0v) is 12.2. The number of amides is 2. The summed E-state index contributed by atoms with van der Waals surface area (Å²) in [6.45, 7) is 2.79. The number of nitrogens with zero attached hydrogens (tertiary/aromatic N) is 1. The Hall–Kier alpha value is -2.08.